The van der Waals surface area contributed by atoms with Crippen LogP contribution in [-0.4, -0.2) is 50.4 Å². The van der Waals surface area contributed by atoms with E-state index < -0.39 is 23.7 Å². The molecule has 34 heavy (non-hydrogen) atoms. The molecule has 0 amide bonds. The summed E-state index contributed by atoms with van der Waals surface area (Å²) in [5.41, 5.74) is 0.876. The Kier molecular flexibility index (Phi) is 11.8. The van der Waals surface area contributed by atoms with Gasteiger partial charge in [0.2, 0.25) is 0 Å². The zero-order chi connectivity index (χ0) is 25.1. The molecule has 0 aromatic heterocycles. The highest BCUT2D eigenvalue weighted by atomic mass is 79.9. The highest BCUT2D eigenvalue weighted by Crippen LogP contribution is 2.38. The molecule has 0 saturated carbocycles. The minimum absolute atomic E-state index is 0.00568. The first-order chi connectivity index (χ1) is 16.1. The molecule has 0 aliphatic heterocycles. The lowest BCUT2D eigenvalue weighted by molar-refractivity contribution is -0.155. The monoisotopic (exact) mass is 557 g/mol. The number of methoxy groups -OCH3 is 1. The molecule has 0 radical (unpaired) electrons. The molecule has 0 unspecified atom stereocenters. The lowest BCUT2D eigenvalue weighted by atomic mass is 9.99. The minimum atomic E-state index is -0.638. The first-order valence-corrected chi connectivity index (χ1v) is 12.1. The molecule has 2 atom stereocenters. The van der Waals surface area contributed by atoms with E-state index in [-0.39, 0.29) is 19.8 Å². The zero-order valence-corrected chi connectivity index (χ0v) is 22.3. The molecule has 0 saturated heterocycles. The number of halogens is 2. The maximum Gasteiger partial charge on any atom is 0.308 e. The van der Waals surface area contributed by atoms with Gasteiger partial charge in [0.1, 0.15) is 11.4 Å². The number of carbonyl (C=O) groups is 1. The van der Waals surface area contributed by atoms with Crippen molar-refractivity contribution < 1.29 is 28.8 Å². The van der Waals surface area contributed by atoms with Crippen LogP contribution in [0.2, 0.25) is 5.02 Å². The van der Waals surface area contributed by atoms with E-state index in [1.165, 1.54) is 0 Å². The third-order valence-electron chi connectivity index (χ3n) is 4.71. The largest absolute Gasteiger partial charge is 0.466 e. The second kappa shape index (κ2) is 14.0. The maximum absolute atomic E-state index is 12.8. The number of esters is 1. The van der Waals surface area contributed by atoms with Crippen molar-refractivity contribution in [2.24, 2.45) is 0 Å². The molecular formula is C25H33BrClNO6. The smallest absolute Gasteiger partial charge is 0.308 e. The van der Waals surface area contributed by atoms with E-state index >= 15 is 0 Å². The number of aliphatic hydroxyl groups is 1. The highest BCUT2D eigenvalue weighted by molar-refractivity contribution is 9.10. The summed E-state index contributed by atoms with van der Waals surface area (Å²) < 4.78 is 22.6. The summed E-state index contributed by atoms with van der Waals surface area (Å²) in [5.74, 6) is -0.0127. The Labute approximate surface area is 214 Å². The van der Waals surface area contributed by atoms with Gasteiger partial charge in [0.05, 0.1) is 37.3 Å². The Balaban J connectivity index is 2.39. The Morgan fingerprint density at radius 2 is 1.85 bits per heavy atom. The van der Waals surface area contributed by atoms with Gasteiger partial charge in [-0.05, 0) is 38.5 Å². The molecule has 2 aromatic rings. The van der Waals surface area contributed by atoms with Gasteiger partial charge >= 0.3 is 5.97 Å². The zero-order valence-electron chi connectivity index (χ0n) is 20.0. The van der Waals surface area contributed by atoms with Crippen LogP contribution in [0.4, 0.5) is 0 Å². The summed E-state index contributed by atoms with van der Waals surface area (Å²) in [6.45, 7) is 6.02. The second-order valence-electron chi connectivity index (χ2n) is 8.62. The third kappa shape index (κ3) is 9.52. The number of ether oxygens (including phenoxy) is 4. The van der Waals surface area contributed by atoms with Crippen molar-refractivity contribution in [1.82, 2.24) is 5.32 Å². The van der Waals surface area contributed by atoms with Gasteiger partial charge in [-0.15, -0.1) is 0 Å². The SMILES string of the molecule is COCCOCOc1c(Cl)cc(Br)cc1[C@H](CC(=O)OC(C)(C)C)N[C@@H](CO)c1ccccc1. The Hall–Kier alpha value is -1.68. The van der Waals surface area contributed by atoms with Crippen molar-refractivity contribution in [1.29, 1.82) is 0 Å². The number of hydrogen-bond donors (Lipinski definition) is 2. The highest BCUT2D eigenvalue weighted by Gasteiger charge is 2.28. The van der Waals surface area contributed by atoms with E-state index in [4.69, 9.17) is 30.5 Å². The first kappa shape index (κ1) is 28.6. The summed E-state index contributed by atoms with van der Waals surface area (Å²) in [6.07, 6.45) is -0.00568. The molecule has 2 aromatic carbocycles. The van der Waals surface area contributed by atoms with Crippen molar-refractivity contribution >= 4 is 33.5 Å². The fourth-order valence-electron chi connectivity index (χ4n) is 3.28. The number of hydrogen-bond acceptors (Lipinski definition) is 7. The quantitative estimate of drug-likeness (QED) is 0.199. The van der Waals surface area contributed by atoms with E-state index in [0.29, 0.717) is 29.5 Å². The number of carbonyl (C=O) groups excluding carboxylic acids is 1. The van der Waals surface area contributed by atoms with Crippen LogP contribution in [-0.2, 0) is 19.0 Å². The molecule has 188 valence electrons. The lowest BCUT2D eigenvalue weighted by Crippen LogP contribution is -2.33. The summed E-state index contributed by atoms with van der Waals surface area (Å²) in [6, 6.07) is 12.0. The molecule has 0 heterocycles. The van der Waals surface area contributed by atoms with Gasteiger partial charge < -0.3 is 29.4 Å². The van der Waals surface area contributed by atoms with Crippen molar-refractivity contribution in [3.63, 3.8) is 0 Å². The topological polar surface area (TPSA) is 86.3 Å². The summed E-state index contributed by atoms with van der Waals surface area (Å²) in [5, 5.41) is 13.9. The molecule has 0 aliphatic carbocycles. The Morgan fingerprint density at radius 1 is 1.15 bits per heavy atom. The van der Waals surface area contributed by atoms with Crippen molar-refractivity contribution in [2.45, 2.75) is 44.9 Å². The third-order valence-corrected chi connectivity index (χ3v) is 5.45. The predicted octanol–water partition coefficient (Wildman–Crippen LogP) is 5.20. The van der Waals surface area contributed by atoms with E-state index in [2.05, 4.69) is 21.2 Å². The fourth-order valence-corrected chi connectivity index (χ4v) is 4.17. The van der Waals surface area contributed by atoms with Crippen LogP contribution >= 0.6 is 27.5 Å². The Bertz CT molecular complexity index is 906. The van der Waals surface area contributed by atoms with E-state index in [0.717, 1.165) is 10.0 Å². The standard InChI is InChI=1S/C25H33BrClNO6/c1-25(2,3)34-23(30)14-21(28-22(15-29)17-8-6-5-7-9-17)19-12-18(26)13-20(27)24(19)33-16-32-11-10-31-4/h5-9,12-13,21-22,28-29H,10-11,14-16H2,1-4H3/t21-,22-/m0/s1. The number of nitrogens with one attached hydrogen (secondary N) is 1. The summed E-state index contributed by atoms with van der Waals surface area (Å²) in [7, 11) is 1.59. The van der Waals surface area contributed by atoms with Crippen LogP contribution < -0.4 is 10.1 Å². The van der Waals surface area contributed by atoms with Gasteiger partial charge in [-0.2, -0.15) is 0 Å². The lowest BCUT2D eigenvalue weighted by Gasteiger charge is -2.28. The van der Waals surface area contributed by atoms with Crippen LogP contribution in [0.25, 0.3) is 0 Å². The fraction of sp³-hybridized carbons (Fsp3) is 0.480. The van der Waals surface area contributed by atoms with Gasteiger partial charge in [0.15, 0.2) is 6.79 Å². The summed E-state index contributed by atoms with van der Waals surface area (Å²) in [4.78, 5) is 12.8. The van der Waals surface area contributed by atoms with Crippen LogP contribution in [0, 0.1) is 0 Å². The molecular weight excluding hydrogens is 526 g/mol. The van der Waals surface area contributed by atoms with Gasteiger partial charge in [-0.1, -0.05) is 57.9 Å². The first-order valence-electron chi connectivity index (χ1n) is 11.0. The maximum atomic E-state index is 12.8. The van der Waals surface area contributed by atoms with E-state index in [1.807, 2.05) is 57.2 Å². The van der Waals surface area contributed by atoms with Crippen LogP contribution in [0.5, 0.6) is 5.75 Å². The Morgan fingerprint density at radius 3 is 2.47 bits per heavy atom. The van der Waals surface area contributed by atoms with Crippen LogP contribution in [0.15, 0.2) is 46.9 Å². The average molecular weight is 559 g/mol. The number of aliphatic hydroxyl groups excluding tert-OH is 1. The normalized spacial score (nSPS) is 13.4. The van der Waals surface area contributed by atoms with Gasteiger partial charge in [-0.3, -0.25) is 4.79 Å². The minimum Gasteiger partial charge on any atom is -0.466 e. The molecule has 0 fully saturated rings. The predicted molar refractivity (Wildman–Crippen MR) is 135 cm³/mol. The van der Waals surface area contributed by atoms with E-state index in [1.54, 1.807) is 13.2 Å². The van der Waals surface area contributed by atoms with Crippen LogP contribution in [0.3, 0.4) is 0 Å². The summed E-state index contributed by atoms with van der Waals surface area (Å²) >= 11 is 10.0. The molecule has 0 bridgehead atoms. The van der Waals surface area contributed by atoms with Gasteiger partial charge in [-0.25, -0.2) is 0 Å². The van der Waals surface area contributed by atoms with E-state index in [9.17, 15) is 9.90 Å². The van der Waals surface area contributed by atoms with Crippen molar-refractivity contribution in [3.8, 4) is 5.75 Å². The molecule has 0 spiro atoms. The van der Waals surface area contributed by atoms with Gasteiger partial charge in [0, 0.05) is 23.2 Å². The average Bonchev–Trinajstić information content (AvgIpc) is 2.76. The molecule has 2 rings (SSSR count). The molecule has 9 heteroatoms. The second-order valence-corrected chi connectivity index (χ2v) is 9.95. The van der Waals surface area contributed by atoms with Crippen molar-refractivity contribution in [2.75, 3.05) is 33.7 Å². The molecule has 0 aliphatic rings. The van der Waals surface area contributed by atoms with Crippen LogP contribution in [0.1, 0.15) is 50.4 Å². The van der Waals surface area contributed by atoms with Gasteiger partial charge in [0.25, 0.3) is 0 Å². The molecule has 2 N–H and O–H groups in total. The van der Waals surface area contributed by atoms with Crippen molar-refractivity contribution in [3.05, 3.63) is 63.1 Å². The number of benzene rings is 2. The molecule has 7 nitrogen and oxygen atoms in total. The number of rotatable bonds is 13.